The Kier molecular flexibility index (Phi) is 2.43. The van der Waals surface area contributed by atoms with E-state index in [2.05, 4.69) is 9.72 Å². The van der Waals surface area contributed by atoms with Crippen molar-refractivity contribution in [2.24, 2.45) is 0 Å². The molecule has 0 aliphatic carbocycles. The van der Waals surface area contributed by atoms with Crippen molar-refractivity contribution >= 4 is 17.6 Å². The Balaban J connectivity index is 2.80. The fourth-order valence-electron chi connectivity index (χ4n) is 1.46. The highest BCUT2D eigenvalue weighted by atomic mass is 16.5. The van der Waals surface area contributed by atoms with Crippen molar-refractivity contribution in [2.45, 2.75) is 0 Å². The lowest BCUT2D eigenvalue weighted by Crippen LogP contribution is -2.12. The summed E-state index contributed by atoms with van der Waals surface area (Å²) < 4.78 is 5.62. The van der Waals surface area contributed by atoms with Crippen LogP contribution in [0.1, 0.15) is 21.0 Å². The lowest BCUT2D eigenvalue weighted by Gasteiger charge is -2.06. The first-order chi connectivity index (χ1) is 8.04. The van der Waals surface area contributed by atoms with Gasteiger partial charge in [-0.25, -0.2) is 14.6 Å². The standard InChI is InChI=1S/C10H8N2O5/c1-17-10(16)6-4-5(9(14)15)11-7-2-3-8(13)12(6)7/h2-4,13H,1H3,(H,14,15). The summed E-state index contributed by atoms with van der Waals surface area (Å²) in [5.41, 5.74) is -0.240. The van der Waals surface area contributed by atoms with Gasteiger partial charge in [-0.1, -0.05) is 0 Å². The number of esters is 1. The molecule has 2 heterocycles. The monoisotopic (exact) mass is 236 g/mol. The number of aromatic hydroxyl groups is 1. The molecular formula is C10H8N2O5. The number of carboxylic acids is 1. The summed E-state index contributed by atoms with van der Waals surface area (Å²) in [7, 11) is 1.16. The molecule has 0 aromatic carbocycles. The van der Waals surface area contributed by atoms with E-state index in [0.717, 1.165) is 17.6 Å². The molecule has 0 radical (unpaired) electrons. The molecule has 2 N–H and O–H groups in total. The van der Waals surface area contributed by atoms with Crippen molar-refractivity contribution in [2.75, 3.05) is 7.11 Å². The molecule has 0 aliphatic heterocycles. The van der Waals surface area contributed by atoms with E-state index in [1.165, 1.54) is 12.1 Å². The summed E-state index contributed by atoms with van der Waals surface area (Å²) in [4.78, 5) is 26.1. The molecule has 0 saturated carbocycles. The molecule has 7 nitrogen and oxygen atoms in total. The topological polar surface area (TPSA) is 101 Å². The first kappa shape index (κ1) is 10.9. The van der Waals surface area contributed by atoms with Crippen LogP contribution in [0.5, 0.6) is 5.88 Å². The molecule has 88 valence electrons. The van der Waals surface area contributed by atoms with Gasteiger partial charge in [-0.15, -0.1) is 0 Å². The number of hydrogen-bond donors (Lipinski definition) is 2. The molecule has 2 rings (SSSR count). The van der Waals surface area contributed by atoms with Gasteiger partial charge >= 0.3 is 11.9 Å². The van der Waals surface area contributed by atoms with E-state index in [9.17, 15) is 14.7 Å². The van der Waals surface area contributed by atoms with Gasteiger partial charge in [0.25, 0.3) is 0 Å². The van der Waals surface area contributed by atoms with Crippen LogP contribution in [0.3, 0.4) is 0 Å². The third kappa shape index (κ3) is 1.67. The molecule has 0 aliphatic rings. The van der Waals surface area contributed by atoms with E-state index in [1.807, 2.05) is 0 Å². The molecule has 17 heavy (non-hydrogen) atoms. The van der Waals surface area contributed by atoms with Crippen molar-refractivity contribution < 1.29 is 24.5 Å². The van der Waals surface area contributed by atoms with Gasteiger partial charge in [0.05, 0.1) is 7.11 Å². The van der Waals surface area contributed by atoms with Crippen LogP contribution in [-0.2, 0) is 4.74 Å². The molecule has 0 saturated heterocycles. The van der Waals surface area contributed by atoms with Crippen LogP contribution < -0.4 is 0 Å². The highest BCUT2D eigenvalue weighted by Gasteiger charge is 2.18. The third-order valence-corrected chi connectivity index (χ3v) is 2.20. The maximum absolute atomic E-state index is 11.5. The Labute approximate surface area is 94.9 Å². The number of carboxylic acid groups (broad SMARTS) is 1. The average molecular weight is 236 g/mol. The minimum absolute atomic E-state index is 0.0996. The number of ether oxygens (including phenoxy) is 1. The molecule has 0 unspecified atom stereocenters. The normalized spacial score (nSPS) is 10.4. The molecule has 2 aromatic rings. The highest BCUT2D eigenvalue weighted by molar-refractivity contribution is 5.93. The Bertz CT molecular complexity index is 616. The van der Waals surface area contributed by atoms with E-state index in [4.69, 9.17) is 5.11 Å². The Morgan fingerprint density at radius 1 is 1.41 bits per heavy atom. The first-order valence-electron chi connectivity index (χ1n) is 4.57. The highest BCUT2D eigenvalue weighted by Crippen LogP contribution is 2.18. The number of rotatable bonds is 2. The second-order valence-electron chi connectivity index (χ2n) is 3.21. The van der Waals surface area contributed by atoms with Crippen molar-refractivity contribution in [1.29, 1.82) is 0 Å². The number of fused-ring (bicyclic) bond motifs is 1. The zero-order chi connectivity index (χ0) is 12.6. The molecular weight excluding hydrogens is 228 g/mol. The number of carbonyl (C=O) groups excluding carboxylic acids is 1. The lowest BCUT2D eigenvalue weighted by atomic mass is 10.3. The van der Waals surface area contributed by atoms with Crippen molar-refractivity contribution in [3.8, 4) is 5.88 Å². The second kappa shape index (κ2) is 3.78. The maximum Gasteiger partial charge on any atom is 0.355 e. The van der Waals surface area contributed by atoms with E-state index in [-0.39, 0.29) is 22.9 Å². The van der Waals surface area contributed by atoms with Gasteiger partial charge in [0, 0.05) is 12.1 Å². The van der Waals surface area contributed by atoms with Crippen LogP contribution >= 0.6 is 0 Å². The first-order valence-corrected chi connectivity index (χ1v) is 4.57. The molecule has 0 amide bonds. The molecule has 2 aromatic heterocycles. The van der Waals surface area contributed by atoms with Gasteiger partial charge < -0.3 is 14.9 Å². The molecule has 7 heteroatoms. The number of aromatic carboxylic acids is 1. The number of carbonyl (C=O) groups is 2. The molecule has 0 spiro atoms. The van der Waals surface area contributed by atoms with Crippen LogP contribution in [0, 0.1) is 0 Å². The largest absolute Gasteiger partial charge is 0.494 e. The molecule has 0 atom stereocenters. The van der Waals surface area contributed by atoms with Gasteiger partial charge in [0.1, 0.15) is 11.3 Å². The van der Waals surface area contributed by atoms with Crippen LogP contribution in [0.2, 0.25) is 0 Å². The summed E-state index contributed by atoms with van der Waals surface area (Å²) >= 11 is 0. The van der Waals surface area contributed by atoms with Gasteiger partial charge in [-0.05, 0) is 6.07 Å². The second-order valence-corrected chi connectivity index (χ2v) is 3.21. The average Bonchev–Trinajstić information content (AvgIpc) is 2.69. The van der Waals surface area contributed by atoms with Gasteiger partial charge in [-0.2, -0.15) is 0 Å². The van der Waals surface area contributed by atoms with E-state index in [0.29, 0.717) is 0 Å². The number of methoxy groups -OCH3 is 1. The number of aromatic nitrogens is 2. The maximum atomic E-state index is 11.5. The summed E-state index contributed by atoms with van der Waals surface area (Å²) in [6.07, 6.45) is 0. The lowest BCUT2D eigenvalue weighted by molar-refractivity contribution is 0.0591. The zero-order valence-electron chi connectivity index (χ0n) is 8.75. The quantitative estimate of drug-likeness (QED) is 0.737. The van der Waals surface area contributed by atoms with E-state index < -0.39 is 11.9 Å². The Hall–Kier alpha value is -2.57. The minimum Gasteiger partial charge on any atom is -0.494 e. The van der Waals surface area contributed by atoms with Crippen LogP contribution in [0.25, 0.3) is 5.65 Å². The zero-order valence-corrected chi connectivity index (χ0v) is 8.75. The number of hydrogen-bond acceptors (Lipinski definition) is 5. The van der Waals surface area contributed by atoms with Crippen molar-refractivity contribution in [1.82, 2.24) is 9.38 Å². The van der Waals surface area contributed by atoms with Crippen LogP contribution in [0.15, 0.2) is 18.2 Å². The summed E-state index contributed by atoms with van der Waals surface area (Å²) in [6.45, 7) is 0. The smallest absolute Gasteiger partial charge is 0.355 e. The predicted octanol–water partition coefficient (Wildman–Crippen LogP) is 0.525. The van der Waals surface area contributed by atoms with Crippen LogP contribution in [0.4, 0.5) is 0 Å². The van der Waals surface area contributed by atoms with E-state index >= 15 is 0 Å². The number of nitrogens with zero attached hydrogens (tertiary/aromatic N) is 2. The third-order valence-electron chi connectivity index (χ3n) is 2.20. The fourth-order valence-corrected chi connectivity index (χ4v) is 1.46. The minimum atomic E-state index is -1.27. The summed E-state index contributed by atoms with van der Waals surface area (Å²) in [6, 6.07) is 3.75. The summed E-state index contributed by atoms with van der Waals surface area (Å²) in [5, 5.41) is 18.4. The van der Waals surface area contributed by atoms with Crippen LogP contribution in [-0.4, -0.2) is 38.6 Å². The Morgan fingerprint density at radius 3 is 2.71 bits per heavy atom. The fraction of sp³-hybridized carbons (Fsp3) is 0.100. The SMILES string of the molecule is COC(=O)c1cc(C(=O)O)nc2ccc(O)n12. The predicted molar refractivity (Wildman–Crippen MR) is 55.2 cm³/mol. The molecule has 0 fully saturated rings. The van der Waals surface area contributed by atoms with E-state index in [1.54, 1.807) is 0 Å². The van der Waals surface area contributed by atoms with Crippen molar-refractivity contribution in [3.63, 3.8) is 0 Å². The van der Waals surface area contributed by atoms with Gasteiger partial charge in [0.15, 0.2) is 11.6 Å². The summed E-state index contributed by atoms with van der Waals surface area (Å²) in [5.74, 6) is -2.24. The van der Waals surface area contributed by atoms with Crippen molar-refractivity contribution in [3.05, 3.63) is 29.6 Å². The Morgan fingerprint density at radius 2 is 2.12 bits per heavy atom. The van der Waals surface area contributed by atoms with Gasteiger partial charge in [-0.3, -0.25) is 4.40 Å². The molecule has 0 bridgehead atoms. The van der Waals surface area contributed by atoms with Gasteiger partial charge in [0.2, 0.25) is 0 Å².